The maximum absolute atomic E-state index is 5.94. The molecule has 0 spiro atoms. The lowest BCUT2D eigenvalue weighted by Crippen LogP contribution is -1.93. The van der Waals surface area contributed by atoms with Crippen molar-refractivity contribution in [3.63, 3.8) is 0 Å². The number of nitrogens with zero attached hydrogens (tertiary/aromatic N) is 6. The van der Waals surface area contributed by atoms with Gasteiger partial charge in [-0.25, -0.2) is 0 Å². The van der Waals surface area contributed by atoms with Crippen molar-refractivity contribution in [1.29, 1.82) is 0 Å². The van der Waals surface area contributed by atoms with Crippen molar-refractivity contribution in [2.45, 2.75) is 0 Å². The minimum atomic E-state index is 0.588. The third kappa shape index (κ3) is 1.93. The second kappa shape index (κ2) is 4.60. The second-order valence-electron chi connectivity index (χ2n) is 4.33. The molecule has 0 aliphatic heterocycles. The van der Waals surface area contributed by atoms with Crippen LogP contribution in [-0.4, -0.2) is 29.8 Å². The smallest absolute Gasteiger partial charge is 0.235 e. The number of hydrogen-bond acceptors (Lipinski definition) is 7. The maximum Gasteiger partial charge on any atom is 0.235 e. The number of nitrogen functional groups attached to an aromatic ring is 1. The number of aromatic nitrogens is 6. The van der Waals surface area contributed by atoms with Crippen LogP contribution in [0.3, 0.4) is 0 Å². The van der Waals surface area contributed by atoms with Crippen molar-refractivity contribution >= 4 is 22.0 Å². The molecule has 8 heteroatoms. The lowest BCUT2D eigenvalue weighted by Gasteiger charge is -1.99. The van der Waals surface area contributed by atoms with Crippen LogP contribution in [0.4, 0.5) is 5.69 Å². The van der Waals surface area contributed by atoms with Crippen molar-refractivity contribution in [3.05, 3.63) is 43.0 Å². The maximum atomic E-state index is 5.94. The van der Waals surface area contributed by atoms with Crippen LogP contribution < -0.4 is 5.73 Å². The molecule has 0 aliphatic rings. The minimum absolute atomic E-state index is 0.588. The number of fused-ring (bicyclic) bond motifs is 1. The van der Waals surface area contributed by atoms with Gasteiger partial charge in [0.25, 0.3) is 0 Å². The summed E-state index contributed by atoms with van der Waals surface area (Å²) in [5.41, 5.74) is 8.24. The molecule has 4 rings (SSSR count). The third-order valence-electron chi connectivity index (χ3n) is 2.99. The van der Waals surface area contributed by atoms with Crippen LogP contribution in [0.15, 0.2) is 43.0 Å². The molecule has 0 saturated carbocycles. The molecule has 2 N–H and O–H groups in total. The van der Waals surface area contributed by atoms with Crippen molar-refractivity contribution < 1.29 is 0 Å². The Hall–Kier alpha value is -2.87. The molecule has 0 atom stereocenters. The first-order chi connectivity index (χ1) is 10.3. The predicted molar refractivity (Wildman–Crippen MR) is 79.5 cm³/mol. The molecular formula is C13H9N7S. The summed E-state index contributed by atoms with van der Waals surface area (Å²) in [6, 6.07) is 5.61. The van der Waals surface area contributed by atoms with Crippen LogP contribution in [0.5, 0.6) is 0 Å². The summed E-state index contributed by atoms with van der Waals surface area (Å²) >= 11 is 1.43. The van der Waals surface area contributed by atoms with Crippen LogP contribution in [0.25, 0.3) is 26.9 Å². The van der Waals surface area contributed by atoms with Crippen LogP contribution in [0.1, 0.15) is 0 Å². The molecule has 0 saturated heterocycles. The van der Waals surface area contributed by atoms with E-state index in [2.05, 4.69) is 25.3 Å². The molecule has 0 unspecified atom stereocenters. The van der Waals surface area contributed by atoms with Crippen molar-refractivity contribution in [3.8, 4) is 22.0 Å². The Balaban J connectivity index is 1.89. The van der Waals surface area contributed by atoms with Gasteiger partial charge in [-0.05, 0) is 18.2 Å². The normalized spacial score (nSPS) is 11.0. The molecule has 4 aromatic rings. The zero-order valence-electron chi connectivity index (χ0n) is 10.7. The molecule has 4 heterocycles. The third-order valence-corrected chi connectivity index (χ3v) is 3.92. The largest absolute Gasteiger partial charge is 0.397 e. The summed E-state index contributed by atoms with van der Waals surface area (Å²) in [5.74, 6) is 0.660. The highest BCUT2D eigenvalue weighted by molar-refractivity contribution is 7.19. The monoisotopic (exact) mass is 295 g/mol. The Bertz CT molecular complexity index is 913. The lowest BCUT2D eigenvalue weighted by molar-refractivity contribution is 0.968. The van der Waals surface area contributed by atoms with Crippen LogP contribution in [0, 0.1) is 0 Å². The molecule has 21 heavy (non-hydrogen) atoms. The van der Waals surface area contributed by atoms with E-state index in [1.165, 1.54) is 11.3 Å². The van der Waals surface area contributed by atoms with Gasteiger partial charge in [0.1, 0.15) is 5.01 Å². The SMILES string of the molecule is Nc1cnccc1-c1nn2c(-c3cccnc3)nnc2s1. The molecule has 0 fully saturated rings. The molecule has 0 aliphatic carbocycles. The van der Waals surface area contributed by atoms with E-state index in [1.807, 2.05) is 18.2 Å². The van der Waals surface area contributed by atoms with Gasteiger partial charge in [0.05, 0.1) is 11.9 Å². The molecule has 4 aromatic heterocycles. The second-order valence-corrected chi connectivity index (χ2v) is 5.29. The van der Waals surface area contributed by atoms with Crippen molar-refractivity contribution in [2.75, 3.05) is 5.73 Å². The number of anilines is 1. The summed E-state index contributed by atoms with van der Waals surface area (Å²) in [6.45, 7) is 0. The van der Waals surface area contributed by atoms with Gasteiger partial charge in [-0.15, -0.1) is 10.2 Å². The van der Waals surface area contributed by atoms with Gasteiger partial charge in [-0.3, -0.25) is 9.97 Å². The Kier molecular flexibility index (Phi) is 2.61. The number of pyridine rings is 2. The van der Waals surface area contributed by atoms with E-state index in [-0.39, 0.29) is 0 Å². The summed E-state index contributed by atoms with van der Waals surface area (Å²) < 4.78 is 1.71. The van der Waals surface area contributed by atoms with E-state index in [4.69, 9.17) is 5.73 Å². The molecule has 0 bridgehead atoms. The molecule has 102 valence electrons. The van der Waals surface area contributed by atoms with Gasteiger partial charge < -0.3 is 5.73 Å². The standard InChI is InChI=1S/C13H9N7S/c14-10-7-16-5-3-9(10)12-19-20-11(17-18-13(20)21-12)8-2-1-4-15-6-8/h1-7H,14H2. The van der Waals surface area contributed by atoms with Crippen LogP contribution >= 0.6 is 11.3 Å². The molecule has 7 nitrogen and oxygen atoms in total. The minimum Gasteiger partial charge on any atom is -0.397 e. The van der Waals surface area contributed by atoms with Crippen LogP contribution in [0.2, 0.25) is 0 Å². The predicted octanol–water partition coefficient (Wildman–Crippen LogP) is 1.89. The summed E-state index contributed by atoms with van der Waals surface area (Å²) in [4.78, 5) is 8.79. The first kappa shape index (κ1) is 11.9. The fourth-order valence-corrected chi connectivity index (χ4v) is 2.89. The van der Waals surface area contributed by atoms with E-state index in [0.29, 0.717) is 16.5 Å². The quantitative estimate of drug-likeness (QED) is 0.607. The van der Waals surface area contributed by atoms with Gasteiger partial charge in [0.2, 0.25) is 4.96 Å². The zero-order valence-corrected chi connectivity index (χ0v) is 11.5. The Morgan fingerprint density at radius 2 is 1.95 bits per heavy atom. The van der Waals surface area contributed by atoms with Crippen molar-refractivity contribution in [2.24, 2.45) is 0 Å². The summed E-state index contributed by atoms with van der Waals surface area (Å²) in [7, 11) is 0. The molecular weight excluding hydrogens is 286 g/mol. The van der Waals surface area contributed by atoms with E-state index in [0.717, 1.165) is 16.1 Å². The molecule has 0 aromatic carbocycles. The van der Waals surface area contributed by atoms with Gasteiger partial charge in [-0.1, -0.05) is 11.3 Å². The van der Waals surface area contributed by atoms with E-state index in [9.17, 15) is 0 Å². The van der Waals surface area contributed by atoms with Gasteiger partial charge >= 0.3 is 0 Å². The summed E-state index contributed by atoms with van der Waals surface area (Å²) in [6.07, 6.45) is 6.75. The van der Waals surface area contributed by atoms with E-state index in [1.54, 1.807) is 29.3 Å². The van der Waals surface area contributed by atoms with Gasteiger partial charge in [-0.2, -0.15) is 9.61 Å². The topological polar surface area (TPSA) is 94.9 Å². The fraction of sp³-hybridized carbons (Fsp3) is 0. The first-order valence-electron chi connectivity index (χ1n) is 6.15. The average Bonchev–Trinajstić information content (AvgIpc) is 3.08. The summed E-state index contributed by atoms with van der Waals surface area (Å²) in [5, 5.41) is 13.7. The van der Waals surface area contributed by atoms with Crippen molar-refractivity contribution in [1.82, 2.24) is 29.8 Å². The lowest BCUT2D eigenvalue weighted by atomic mass is 10.2. The first-order valence-corrected chi connectivity index (χ1v) is 6.97. The number of nitrogens with two attached hydrogens (primary N) is 1. The number of hydrogen-bond donors (Lipinski definition) is 1. The Morgan fingerprint density at radius 1 is 1.05 bits per heavy atom. The van der Waals surface area contributed by atoms with Crippen LogP contribution in [-0.2, 0) is 0 Å². The highest BCUT2D eigenvalue weighted by Gasteiger charge is 2.15. The van der Waals surface area contributed by atoms with Gasteiger partial charge in [0.15, 0.2) is 5.82 Å². The fourth-order valence-electron chi connectivity index (χ4n) is 2.00. The Labute approximate surface area is 123 Å². The highest BCUT2D eigenvalue weighted by Crippen LogP contribution is 2.30. The highest BCUT2D eigenvalue weighted by atomic mass is 32.1. The van der Waals surface area contributed by atoms with E-state index < -0.39 is 0 Å². The van der Waals surface area contributed by atoms with Gasteiger partial charge in [0, 0.05) is 29.7 Å². The molecule has 0 amide bonds. The zero-order chi connectivity index (χ0) is 14.2. The number of rotatable bonds is 2. The molecule has 0 radical (unpaired) electrons. The average molecular weight is 295 g/mol. The van der Waals surface area contributed by atoms with E-state index >= 15 is 0 Å². The Morgan fingerprint density at radius 3 is 2.76 bits per heavy atom.